The Balaban J connectivity index is 2.19. The zero-order valence-electron chi connectivity index (χ0n) is 14.4. The van der Waals surface area contributed by atoms with Crippen LogP contribution in [-0.2, 0) is 30.8 Å². The number of amides is 1. The second kappa shape index (κ2) is 8.59. The summed E-state index contributed by atoms with van der Waals surface area (Å²) in [6, 6.07) is 13.6. The molecule has 2 rings (SSSR count). The van der Waals surface area contributed by atoms with Crippen LogP contribution in [0, 0.1) is 0 Å². The summed E-state index contributed by atoms with van der Waals surface area (Å²) in [6.45, 7) is 1.36. The molecule has 1 atom stereocenters. The number of methoxy groups -OCH3 is 1. The molecule has 26 heavy (non-hydrogen) atoms. The number of rotatable bonds is 7. The van der Waals surface area contributed by atoms with Crippen molar-refractivity contribution in [1.29, 1.82) is 0 Å². The van der Waals surface area contributed by atoms with Crippen molar-refractivity contribution in [3.63, 3.8) is 0 Å². The Morgan fingerprint density at radius 2 is 1.65 bits per heavy atom. The fourth-order valence-electron chi connectivity index (χ4n) is 2.34. The Morgan fingerprint density at radius 3 is 2.19 bits per heavy atom. The first-order valence-electron chi connectivity index (χ1n) is 7.83. The van der Waals surface area contributed by atoms with Crippen molar-refractivity contribution in [3.05, 3.63) is 60.2 Å². The van der Waals surface area contributed by atoms with Crippen molar-refractivity contribution in [2.24, 2.45) is 0 Å². The Morgan fingerprint density at radius 1 is 1.04 bits per heavy atom. The fraction of sp³-hybridized carbons (Fsp3) is 0.222. The van der Waals surface area contributed by atoms with Crippen LogP contribution in [0.2, 0.25) is 0 Å². The van der Waals surface area contributed by atoms with E-state index in [4.69, 9.17) is 4.74 Å². The first kappa shape index (κ1) is 19.6. The van der Waals surface area contributed by atoms with E-state index in [2.05, 4.69) is 10.0 Å². The number of carbonyl (C=O) groups excluding carboxylic acids is 2. The molecule has 0 bridgehead atoms. The summed E-state index contributed by atoms with van der Waals surface area (Å²) >= 11 is 0. The van der Waals surface area contributed by atoms with Crippen molar-refractivity contribution >= 4 is 27.6 Å². The monoisotopic (exact) mass is 376 g/mol. The highest BCUT2D eigenvalue weighted by atomic mass is 32.2. The van der Waals surface area contributed by atoms with Gasteiger partial charge in [0, 0.05) is 12.6 Å². The highest BCUT2D eigenvalue weighted by Gasteiger charge is 2.26. The highest BCUT2D eigenvalue weighted by molar-refractivity contribution is 7.89. The van der Waals surface area contributed by atoms with E-state index in [0.29, 0.717) is 5.69 Å². The number of hydrogen-bond donors (Lipinski definition) is 2. The van der Waals surface area contributed by atoms with Crippen LogP contribution in [-0.4, -0.2) is 33.4 Å². The summed E-state index contributed by atoms with van der Waals surface area (Å²) in [5, 5.41) is 2.56. The number of benzene rings is 2. The molecule has 0 aliphatic carbocycles. The van der Waals surface area contributed by atoms with Gasteiger partial charge in [-0.05, 0) is 36.2 Å². The average Bonchev–Trinajstić information content (AvgIpc) is 2.61. The van der Waals surface area contributed by atoms with E-state index in [0.717, 1.165) is 5.56 Å². The van der Waals surface area contributed by atoms with E-state index < -0.39 is 22.0 Å². The van der Waals surface area contributed by atoms with Crippen LogP contribution < -0.4 is 10.0 Å². The Bertz CT molecular complexity index is 864. The maximum atomic E-state index is 12.6. The summed E-state index contributed by atoms with van der Waals surface area (Å²) in [4.78, 5) is 23.0. The topological polar surface area (TPSA) is 102 Å². The molecule has 2 aromatic rings. The van der Waals surface area contributed by atoms with Gasteiger partial charge in [-0.2, -0.15) is 4.72 Å². The zero-order chi connectivity index (χ0) is 19.2. The van der Waals surface area contributed by atoms with E-state index in [-0.39, 0.29) is 17.2 Å². The Hall–Kier alpha value is -2.71. The van der Waals surface area contributed by atoms with Gasteiger partial charge in [0.25, 0.3) is 0 Å². The second-order valence-corrected chi connectivity index (χ2v) is 7.31. The summed E-state index contributed by atoms with van der Waals surface area (Å²) in [7, 11) is -2.74. The van der Waals surface area contributed by atoms with Gasteiger partial charge in [-0.1, -0.05) is 30.3 Å². The van der Waals surface area contributed by atoms with Gasteiger partial charge < -0.3 is 10.1 Å². The number of nitrogens with one attached hydrogen (secondary N) is 2. The van der Waals surface area contributed by atoms with Crippen molar-refractivity contribution in [2.75, 3.05) is 12.4 Å². The van der Waals surface area contributed by atoms with E-state index in [1.807, 2.05) is 6.07 Å². The largest absolute Gasteiger partial charge is 0.468 e. The first-order chi connectivity index (χ1) is 12.3. The van der Waals surface area contributed by atoms with Crippen molar-refractivity contribution in [2.45, 2.75) is 24.3 Å². The van der Waals surface area contributed by atoms with Crippen LogP contribution in [0.1, 0.15) is 12.5 Å². The summed E-state index contributed by atoms with van der Waals surface area (Å²) in [5.41, 5.74) is 1.27. The second-order valence-electron chi connectivity index (χ2n) is 5.59. The van der Waals surface area contributed by atoms with Gasteiger partial charge in [-0.25, -0.2) is 8.42 Å². The summed E-state index contributed by atoms with van der Waals surface area (Å²) < 4.78 is 32.3. The van der Waals surface area contributed by atoms with Gasteiger partial charge >= 0.3 is 5.97 Å². The normalized spacial score (nSPS) is 12.2. The van der Waals surface area contributed by atoms with Crippen LogP contribution in [0.25, 0.3) is 0 Å². The molecule has 0 radical (unpaired) electrons. The number of sulfonamides is 1. The van der Waals surface area contributed by atoms with E-state index in [1.165, 1.54) is 38.3 Å². The molecular weight excluding hydrogens is 356 g/mol. The van der Waals surface area contributed by atoms with Crippen molar-refractivity contribution in [3.8, 4) is 0 Å². The third-order valence-electron chi connectivity index (χ3n) is 3.55. The SMILES string of the molecule is COC(=O)[C@@H](Cc1ccccc1)NS(=O)(=O)c1ccc(NC(C)=O)cc1. The first-order valence-corrected chi connectivity index (χ1v) is 9.32. The van der Waals surface area contributed by atoms with Gasteiger partial charge in [-0.3, -0.25) is 9.59 Å². The van der Waals surface area contributed by atoms with Crippen LogP contribution >= 0.6 is 0 Å². The Labute approximate surface area is 152 Å². The lowest BCUT2D eigenvalue weighted by molar-refractivity contribution is -0.142. The number of carbonyl (C=O) groups is 2. The van der Waals surface area contributed by atoms with Crippen molar-refractivity contribution < 1.29 is 22.7 Å². The molecule has 8 heteroatoms. The van der Waals surface area contributed by atoms with Gasteiger partial charge in [0.15, 0.2) is 0 Å². The minimum Gasteiger partial charge on any atom is -0.468 e. The number of anilines is 1. The molecule has 2 N–H and O–H groups in total. The van der Waals surface area contributed by atoms with Crippen LogP contribution in [0.4, 0.5) is 5.69 Å². The lowest BCUT2D eigenvalue weighted by Gasteiger charge is -2.17. The lowest BCUT2D eigenvalue weighted by Crippen LogP contribution is -2.42. The smallest absolute Gasteiger partial charge is 0.324 e. The van der Waals surface area contributed by atoms with E-state index >= 15 is 0 Å². The minimum atomic E-state index is -3.94. The molecule has 2 aromatic carbocycles. The minimum absolute atomic E-state index is 0.0198. The predicted octanol–water partition coefficient (Wildman–Crippen LogP) is 1.71. The predicted molar refractivity (Wildman–Crippen MR) is 97.0 cm³/mol. The molecular formula is C18H20N2O5S. The van der Waals surface area contributed by atoms with Crippen molar-refractivity contribution in [1.82, 2.24) is 4.72 Å². The lowest BCUT2D eigenvalue weighted by atomic mass is 10.1. The maximum absolute atomic E-state index is 12.6. The molecule has 0 fully saturated rings. The van der Waals surface area contributed by atoms with Crippen LogP contribution in [0.15, 0.2) is 59.5 Å². The molecule has 1 amide bonds. The number of ether oxygens (including phenoxy) is 1. The molecule has 0 heterocycles. The zero-order valence-corrected chi connectivity index (χ0v) is 15.2. The van der Waals surface area contributed by atoms with Gasteiger partial charge in [-0.15, -0.1) is 0 Å². The van der Waals surface area contributed by atoms with E-state index in [9.17, 15) is 18.0 Å². The molecule has 0 aliphatic rings. The number of esters is 1. The third-order valence-corrected chi connectivity index (χ3v) is 5.04. The molecule has 0 unspecified atom stereocenters. The molecule has 0 saturated heterocycles. The standard InChI is InChI=1S/C18H20N2O5S/c1-13(21)19-15-8-10-16(11-9-15)26(23,24)20-17(18(22)25-2)12-14-6-4-3-5-7-14/h3-11,17,20H,12H2,1-2H3,(H,19,21)/t17-/m1/s1. The molecule has 0 spiro atoms. The fourth-order valence-corrected chi connectivity index (χ4v) is 3.53. The van der Waals surface area contributed by atoms with E-state index in [1.54, 1.807) is 24.3 Å². The van der Waals surface area contributed by atoms with Crippen LogP contribution in [0.5, 0.6) is 0 Å². The molecule has 0 aliphatic heterocycles. The van der Waals surface area contributed by atoms with Gasteiger partial charge in [0.05, 0.1) is 12.0 Å². The van der Waals surface area contributed by atoms with Gasteiger partial charge in [0.2, 0.25) is 15.9 Å². The summed E-state index contributed by atoms with van der Waals surface area (Å²) in [5.74, 6) is -0.931. The van der Waals surface area contributed by atoms with Crippen LogP contribution in [0.3, 0.4) is 0 Å². The summed E-state index contributed by atoms with van der Waals surface area (Å²) in [6.07, 6.45) is 0.163. The average molecular weight is 376 g/mol. The third kappa shape index (κ3) is 5.40. The molecule has 138 valence electrons. The maximum Gasteiger partial charge on any atom is 0.324 e. The molecule has 0 aromatic heterocycles. The number of hydrogen-bond acceptors (Lipinski definition) is 5. The Kier molecular flexibility index (Phi) is 6.48. The molecule has 7 nitrogen and oxygen atoms in total. The quantitative estimate of drug-likeness (QED) is 0.717. The highest BCUT2D eigenvalue weighted by Crippen LogP contribution is 2.15. The molecule has 0 saturated carbocycles. The van der Waals surface area contributed by atoms with Gasteiger partial charge in [0.1, 0.15) is 6.04 Å².